The molecule has 52 valence electrons. The van der Waals surface area contributed by atoms with E-state index in [0.717, 1.165) is 5.56 Å². The summed E-state index contributed by atoms with van der Waals surface area (Å²) in [5, 5.41) is 0. The van der Waals surface area contributed by atoms with Crippen molar-refractivity contribution in [3.05, 3.63) is 35.6 Å². The van der Waals surface area contributed by atoms with Gasteiger partial charge in [0.1, 0.15) is 5.82 Å². The predicted molar refractivity (Wildman–Crippen MR) is 42.3 cm³/mol. The molecule has 10 heavy (non-hydrogen) atoms. The van der Waals surface area contributed by atoms with Crippen molar-refractivity contribution in [1.29, 1.82) is 0 Å². The van der Waals surface area contributed by atoms with E-state index in [0.29, 0.717) is 6.54 Å². The molecule has 0 saturated carbocycles. The molecule has 0 saturated heterocycles. The molecule has 0 aliphatic rings. The summed E-state index contributed by atoms with van der Waals surface area (Å²) in [5.74, 6) is -0.224. The summed E-state index contributed by atoms with van der Waals surface area (Å²) in [5.41, 5.74) is 6.08. The molecule has 0 radical (unpaired) electrons. The molecule has 0 unspecified atom stereocenters. The number of nitrogens with two attached hydrogens (primary N) is 1. The Bertz CT molecular complexity index is 210. The Morgan fingerprint density at radius 2 is 2.20 bits per heavy atom. The maximum atomic E-state index is 12.3. The Hall–Kier alpha value is -0.124. The second kappa shape index (κ2) is 4.65. The maximum absolute atomic E-state index is 12.3. The van der Waals surface area contributed by atoms with Gasteiger partial charge in [0.05, 0.1) is 0 Å². The SMILES string of the molecule is NCc1cccc(F)c1.[H-].[H-].[Mg+2]. The Labute approximate surface area is 78.5 Å². The van der Waals surface area contributed by atoms with Gasteiger partial charge in [0.2, 0.25) is 0 Å². The van der Waals surface area contributed by atoms with Crippen LogP contribution in [-0.4, -0.2) is 23.1 Å². The van der Waals surface area contributed by atoms with Gasteiger partial charge in [-0.2, -0.15) is 0 Å². The summed E-state index contributed by atoms with van der Waals surface area (Å²) in [6, 6.07) is 6.28. The molecule has 0 atom stereocenters. The fourth-order valence-electron chi connectivity index (χ4n) is 0.664. The van der Waals surface area contributed by atoms with Crippen LogP contribution in [0.3, 0.4) is 0 Å². The molecule has 1 rings (SSSR count). The van der Waals surface area contributed by atoms with Crippen LogP contribution in [-0.2, 0) is 6.54 Å². The first kappa shape index (κ1) is 9.88. The van der Waals surface area contributed by atoms with Crippen molar-refractivity contribution in [2.45, 2.75) is 6.54 Å². The van der Waals surface area contributed by atoms with Gasteiger partial charge >= 0.3 is 23.1 Å². The molecule has 0 bridgehead atoms. The Morgan fingerprint density at radius 1 is 1.50 bits per heavy atom. The van der Waals surface area contributed by atoms with E-state index in [4.69, 9.17) is 5.73 Å². The average Bonchev–Trinajstić information content (AvgIpc) is 1.88. The first-order valence-corrected chi connectivity index (χ1v) is 2.77. The fourth-order valence-corrected chi connectivity index (χ4v) is 0.664. The predicted octanol–water partition coefficient (Wildman–Crippen LogP) is 1.13. The van der Waals surface area contributed by atoms with Crippen molar-refractivity contribution in [3.63, 3.8) is 0 Å². The van der Waals surface area contributed by atoms with Crippen LogP contribution >= 0.6 is 0 Å². The molecular weight excluding hydrogens is 141 g/mol. The van der Waals surface area contributed by atoms with E-state index >= 15 is 0 Å². The maximum Gasteiger partial charge on any atom is 2.00 e. The first-order chi connectivity index (χ1) is 4.33. The van der Waals surface area contributed by atoms with Crippen molar-refractivity contribution in [2.24, 2.45) is 5.73 Å². The van der Waals surface area contributed by atoms with Crippen molar-refractivity contribution >= 4 is 23.1 Å². The summed E-state index contributed by atoms with van der Waals surface area (Å²) in [7, 11) is 0. The molecule has 0 amide bonds. The second-order valence-electron chi connectivity index (χ2n) is 1.83. The van der Waals surface area contributed by atoms with Gasteiger partial charge in [-0.05, 0) is 17.7 Å². The smallest absolute Gasteiger partial charge is 1.00 e. The minimum Gasteiger partial charge on any atom is -1.00 e. The number of halogens is 1. The molecule has 0 aliphatic carbocycles. The molecule has 1 aromatic rings. The van der Waals surface area contributed by atoms with Gasteiger partial charge in [-0.25, -0.2) is 4.39 Å². The zero-order valence-electron chi connectivity index (χ0n) is 7.68. The van der Waals surface area contributed by atoms with E-state index in [1.165, 1.54) is 12.1 Å². The topological polar surface area (TPSA) is 26.0 Å². The van der Waals surface area contributed by atoms with Crippen molar-refractivity contribution in [3.8, 4) is 0 Å². The summed E-state index contributed by atoms with van der Waals surface area (Å²) >= 11 is 0. The summed E-state index contributed by atoms with van der Waals surface area (Å²) in [6.45, 7) is 0.401. The number of benzene rings is 1. The minimum absolute atomic E-state index is 0. The molecule has 1 aromatic carbocycles. The van der Waals surface area contributed by atoms with Gasteiger partial charge in [0.15, 0.2) is 0 Å². The monoisotopic (exact) mass is 151 g/mol. The molecule has 0 spiro atoms. The van der Waals surface area contributed by atoms with Crippen LogP contribution in [0.4, 0.5) is 4.39 Å². The van der Waals surface area contributed by atoms with Crippen molar-refractivity contribution < 1.29 is 7.24 Å². The van der Waals surface area contributed by atoms with Gasteiger partial charge in [0, 0.05) is 6.54 Å². The third-order valence-electron chi connectivity index (χ3n) is 1.12. The van der Waals surface area contributed by atoms with E-state index in [2.05, 4.69) is 0 Å². The van der Waals surface area contributed by atoms with E-state index in [9.17, 15) is 4.39 Å². The number of rotatable bonds is 1. The van der Waals surface area contributed by atoms with Crippen molar-refractivity contribution in [2.75, 3.05) is 0 Å². The van der Waals surface area contributed by atoms with Crippen LogP contribution in [0.25, 0.3) is 0 Å². The van der Waals surface area contributed by atoms with Crippen LogP contribution in [0.2, 0.25) is 0 Å². The van der Waals surface area contributed by atoms with Crippen LogP contribution < -0.4 is 5.73 Å². The Morgan fingerprint density at radius 3 is 2.60 bits per heavy atom. The van der Waals surface area contributed by atoms with Crippen LogP contribution in [0, 0.1) is 5.82 Å². The average molecular weight is 151 g/mol. The van der Waals surface area contributed by atoms with Gasteiger partial charge in [0.25, 0.3) is 0 Å². The van der Waals surface area contributed by atoms with E-state index < -0.39 is 0 Å². The quantitative estimate of drug-likeness (QED) is 0.599. The number of hydrogen-bond donors (Lipinski definition) is 1. The molecular formula is C7H10FMgN. The molecule has 2 N–H and O–H groups in total. The molecule has 0 aliphatic heterocycles. The Kier molecular flexibility index (Phi) is 4.60. The van der Waals surface area contributed by atoms with Crippen LogP contribution in [0.15, 0.2) is 24.3 Å². The standard InChI is InChI=1S/C7H8FN.Mg.2H/c8-7-3-1-2-6(4-7)5-9;;;/h1-4H,5,9H2;;;/q;+2;2*-1. The van der Waals surface area contributed by atoms with E-state index in [1.54, 1.807) is 12.1 Å². The fraction of sp³-hybridized carbons (Fsp3) is 0.143. The largest absolute Gasteiger partial charge is 2.00 e. The molecule has 0 aromatic heterocycles. The third kappa shape index (κ3) is 2.64. The zero-order chi connectivity index (χ0) is 6.69. The summed E-state index contributed by atoms with van der Waals surface area (Å²) < 4.78 is 12.3. The van der Waals surface area contributed by atoms with Crippen LogP contribution in [0.1, 0.15) is 8.42 Å². The summed E-state index contributed by atoms with van der Waals surface area (Å²) in [6.07, 6.45) is 0. The van der Waals surface area contributed by atoms with Crippen molar-refractivity contribution in [1.82, 2.24) is 0 Å². The number of hydrogen-bond acceptors (Lipinski definition) is 1. The Balaban J connectivity index is -0.000000270. The molecule has 1 nitrogen and oxygen atoms in total. The van der Waals surface area contributed by atoms with Gasteiger partial charge in [-0.3, -0.25) is 0 Å². The first-order valence-electron chi connectivity index (χ1n) is 2.77. The minimum atomic E-state index is -0.224. The molecule has 3 heteroatoms. The third-order valence-corrected chi connectivity index (χ3v) is 1.12. The van der Waals surface area contributed by atoms with Gasteiger partial charge in [-0.1, -0.05) is 12.1 Å². The zero-order valence-corrected chi connectivity index (χ0v) is 7.09. The van der Waals surface area contributed by atoms with E-state index in [-0.39, 0.29) is 31.7 Å². The molecule has 0 heterocycles. The molecule has 0 fully saturated rings. The second-order valence-corrected chi connectivity index (χ2v) is 1.83. The van der Waals surface area contributed by atoms with Gasteiger partial charge in [-0.15, -0.1) is 0 Å². The summed E-state index contributed by atoms with van der Waals surface area (Å²) in [4.78, 5) is 0. The normalized spacial score (nSPS) is 8.60. The van der Waals surface area contributed by atoms with Crippen LogP contribution in [0.5, 0.6) is 0 Å². The van der Waals surface area contributed by atoms with Gasteiger partial charge < -0.3 is 8.59 Å². The van der Waals surface area contributed by atoms with E-state index in [1.807, 2.05) is 0 Å².